The lowest BCUT2D eigenvalue weighted by Crippen LogP contribution is -2.10. The average Bonchev–Trinajstić information content (AvgIpc) is 2.52. The number of rotatable bonds is 4. The highest BCUT2D eigenvalue weighted by atomic mass is 32.2. The van der Waals surface area contributed by atoms with E-state index in [1.165, 1.54) is 23.1 Å². The van der Waals surface area contributed by atoms with Crippen LogP contribution in [0.2, 0.25) is 0 Å². The third kappa shape index (κ3) is 2.96. The minimum absolute atomic E-state index is 0.461. The number of hydrogen-bond acceptors (Lipinski definition) is 5. The Morgan fingerprint density at radius 3 is 2.85 bits per heavy atom. The van der Waals surface area contributed by atoms with Crippen molar-refractivity contribution in [3.05, 3.63) is 5.01 Å². The smallest absolute Gasteiger partial charge is 0.316 e. The molecule has 0 amide bonds. The Bertz CT molecular complexity index is 300. The molecule has 0 aliphatic rings. The van der Waals surface area contributed by atoms with Gasteiger partial charge in [-0.15, -0.1) is 10.2 Å². The van der Waals surface area contributed by atoms with Gasteiger partial charge in [0.2, 0.25) is 0 Å². The summed E-state index contributed by atoms with van der Waals surface area (Å²) in [7, 11) is 0. The first kappa shape index (κ1) is 10.5. The van der Waals surface area contributed by atoms with E-state index in [0.717, 1.165) is 15.8 Å². The Morgan fingerprint density at radius 1 is 1.69 bits per heavy atom. The topological polar surface area (TPSA) is 63.1 Å². The van der Waals surface area contributed by atoms with E-state index < -0.39 is 11.2 Å². The molecular formula is C7H10N2O2S2. The van der Waals surface area contributed by atoms with Gasteiger partial charge in [0.1, 0.15) is 10.3 Å². The summed E-state index contributed by atoms with van der Waals surface area (Å²) in [6, 6.07) is 0. The fourth-order valence-electron chi connectivity index (χ4n) is 0.630. The molecule has 13 heavy (non-hydrogen) atoms. The molecule has 1 N–H and O–H groups in total. The second-order valence-electron chi connectivity index (χ2n) is 2.41. The zero-order valence-electron chi connectivity index (χ0n) is 7.35. The molecule has 1 heterocycles. The predicted molar refractivity (Wildman–Crippen MR) is 52.2 cm³/mol. The van der Waals surface area contributed by atoms with Crippen LogP contribution < -0.4 is 0 Å². The van der Waals surface area contributed by atoms with Gasteiger partial charge in [-0.05, 0) is 13.3 Å². The molecule has 0 aliphatic heterocycles. The molecular weight excluding hydrogens is 208 g/mol. The zero-order valence-corrected chi connectivity index (χ0v) is 8.98. The maximum absolute atomic E-state index is 10.5. The number of aryl methyl sites for hydroxylation is 1. The maximum atomic E-state index is 10.5. The van der Waals surface area contributed by atoms with Crippen LogP contribution in [0.4, 0.5) is 0 Å². The monoisotopic (exact) mass is 218 g/mol. The quantitative estimate of drug-likeness (QED) is 0.779. The summed E-state index contributed by atoms with van der Waals surface area (Å²) in [4.78, 5) is 10.5. The van der Waals surface area contributed by atoms with Crippen molar-refractivity contribution in [2.45, 2.75) is 29.9 Å². The summed E-state index contributed by atoms with van der Waals surface area (Å²) < 4.78 is 0.728. The molecule has 0 saturated carbocycles. The standard InChI is InChI=1S/C7H10N2O2S2/c1-3-5-8-9-7(13-5)12-4(2)6(10)11/h4H,3H2,1-2H3,(H,10,11). The second kappa shape index (κ2) is 4.57. The van der Waals surface area contributed by atoms with Crippen LogP contribution in [-0.2, 0) is 11.2 Å². The van der Waals surface area contributed by atoms with Crippen LogP contribution in [0.5, 0.6) is 0 Å². The van der Waals surface area contributed by atoms with E-state index in [1.54, 1.807) is 6.92 Å². The lowest BCUT2D eigenvalue weighted by molar-refractivity contribution is -0.136. The van der Waals surface area contributed by atoms with Gasteiger partial charge in [-0.2, -0.15) is 0 Å². The summed E-state index contributed by atoms with van der Waals surface area (Å²) in [6.45, 7) is 3.63. The van der Waals surface area contributed by atoms with E-state index in [2.05, 4.69) is 10.2 Å². The number of thioether (sulfide) groups is 1. The molecule has 0 bridgehead atoms. The zero-order chi connectivity index (χ0) is 9.84. The lowest BCUT2D eigenvalue weighted by Gasteiger charge is -1.99. The van der Waals surface area contributed by atoms with Crippen molar-refractivity contribution < 1.29 is 9.90 Å². The Morgan fingerprint density at radius 2 is 2.38 bits per heavy atom. The Kier molecular flexibility index (Phi) is 3.68. The highest BCUT2D eigenvalue weighted by Crippen LogP contribution is 2.26. The van der Waals surface area contributed by atoms with Crippen molar-refractivity contribution in [1.29, 1.82) is 0 Å². The van der Waals surface area contributed by atoms with Crippen LogP contribution in [-0.4, -0.2) is 26.5 Å². The highest BCUT2D eigenvalue weighted by Gasteiger charge is 2.15. The molecule has 4 nitrogen and oxygen atoms in total. The van der Waals surface area contributed by atoms with E-state index in [0.29, 0.717) is 0 Å². The van der Waals surface area contributed by atoms with Gasteiger partial charge >= 0.3 is 5.97 Å². The third-order valence-corrected chi connectivity index (χ3v) is 3.62. The van der Waals surface area contributed by atoms with E-state index >= 15 is 0 Å². The fraction of sp³-hybridized carbons (Fsp3) is 0.571. The molecule has 1 rings (SSSR count). The number of carboxylic acids is 1. The minimum Gasteiger partial charge on any atom is -0.480 e. The van der Waals surface area contributed by atoms with E-state index in [1.807, 2.05) is 6.92 Å². The fourth-order valence-corrected chi connectivity index (χ4v) is 2.54. The van der Waals surface area contributed by atoms with Gasteiger partial charge in [0.05, 0.1) is 0 Å². The van der Waals surface area contributed by atoms with Crippen molar-refractivity contribution in [2.75, 3.05) is 0 Å². The first-order valence-corrected chi connectivity index (χ1v) is 5.55. The summed E-state index contributed by atoms with van der Waals surface area (Å²) in [6.07, 6.45) is 0.847. The number of aromatic nitrogens is 2. The molecule has 1 aromatic rings. The minimum atomic E-state index is -0.821. The number of carboxylic acid groups (broad SMARTS) is 1. The molecule has 0 radical (unpaired) electrons. The number of hydrogen-bond donors (Lipinski definition) is 1. The van der Waals surface area contributed by atoms with Crippen LogP contribution in [0.15, 0.2) is 4.34 Å². The summed E-state index contributed by atoms with van der Waals surface area (Å²) >= 11 is 2.69. The second-order valence-corrected chi connectivity index (χ2v) is 5.06. The molecule has 1 atom stereocenters. The Balaban J connectivity index is 2.58. The van der Waals surface area contributed by atoms with Crippen LogP contribution in [0, 0.1) is 0 Å². The van der Waals surface area contributed by atoms with Crippen LogP contribution in [0.3, 0.4) is 0 Å². The van der Waals surface area contributed by atoms with Gasteiger partial charge in [0, 0.05) is 0 Å². The largest absolute Gasteiger partial charge is 0.480 e. The molecule has 6 heteroatoms. The van der Waals surface area contributed by atoms with Crippen LogP contribution >= 0.6 is 23.1 Å². The third-order valence-electron chi connectivity index (χ3n) is 1.38. The van der Waals surface area contributed by atoms with E-state index in [9.17, 15) is 4.79 Å². The van der Waals surface area contributed by atoms with Gasteiger partial charge in [0.25, 0.3) is 0 Å². The van der Waals surface area contributed by atoms with Crippen molar-refractivity contribution in [1.82, 2.24) is 10.2 Å². The SMILES string of the molecule is CCc1nnc(SC(C)C(=O)O)s1. The van der Waals surface area contributed by atoms with E-state index in [-0.39, 0.29) is 0 Å². The first-order chi connectivity index (χ1) is 6.13. The Labute approximate surface area is 84.4 Å². The molecule has 0 aromatic carbocycles. The van der Waals surface area contributed by atoms with Gasteiger partial charge in [-0.3, -0.25) is 4.79 Å². The number of carbonyl (C=O) groups is 1. The molecule has 1 unspecified atom stereocenters. The number of nitrogens with zero attached hydrogens (tertiary/aromatic N) is 2. The van der Waals surface area contributed by atoms with Gasteiger partial charge in [-0.1, -0.05) is 30.0 Å². The van der Waals surface area contributed by atoms with Gasteiger partial charge in [0.15, 0.2) is 4.34 Å². The molecule has 1 aromatic heterocycles. The van der Waals surface area contributed by atoms with E-state index in [4.69, 9.17) is 5.11 Å². The number of aliphatic carboxylic acids is 1. The van der Waals surface area contributed by atoms with Gasteiger partial charge < -0.3 is 5.11 Å². The van der Waals surface area contributed by atoms with Crippen LogP contribution in [0.1, 0.15) is 18.9 Å². The molecule has 0 saturated heterocycles. The molecule has 72 valence electrons. The summed E-state index contributed by atoms with van der Waals surface area (Å²) in [5.41, 5.74) is 0. The van der Waals surface area contributed by atoms with Crippen molar-refractivity contribution in [2.24, 2.45) is 0 Å². The first-order valence-electron chi connectivity index (χ1n) is 3.85. The predicted octanol–water partition coefficient (Wildman–Crippen LogP) is 1.67. The van der Waals surface area contributed by atoms with Crippen molar-refractivity contribution in [3.8, 4) is 0 Å². The molecule has 0 fully saturated rings. The highest BCUT2D eigenvalue weighted by molar-refractivity contribution is 8.02. The maximum Gasteiger partial charge on any atom is 0.316 e. The lowest BCUT2D eigenvalue weighted by atomic mass is 10.5. The van der Waals surface area contributed by atoms with Crippen molar-refractivity contribution >= 4 is 29.1 Å². The molecule has 0 aliphatic carbocycles. The summed E-state index contributed by atoms with van der Waals surface area (Å²) in [5, 5.41) is 16.9. The molecule has 0 spiro atoms. The average molecular weight is 218 g/mol. The van der Waals surface area contributed by atoms with Crippen molar-refractivity contribution in [3.63, 3.8) is 0 Å². The Hall–Kier alpha value is -0.620. The normalized spacial score (nSPS) is 12.8. The summed E-state index contributed by atoms with van der Waals surface area (Å²) in [5.74, 6) is -0.821. The van der Waals surface area contributed by atoms with Gasteiger partial charge in [-0.25, -0.2) is 0 Å². The van der Waals surface area contributed by atoms with Crippen LogP contribution in [0.25, 0.3) is 0 Å².